The lowest BCUT2D eigenvalue weighted by Crippen LogP contribution is -1.99. The van der Waals surface area contributed by atoms with E-state index in [-0.39, 0.29) is 11.8 Å². The van der Waals surface area contributed by atoms with Gasteiger partial charge in [-0.1, -0.05) is 60.7 Å². The molecule has 0 saturated heterocycles. The van der Waals surface area contributed by atoms with Crippen LogP contribution in [-0.2, 0) is 0 Å². The summed E-state index contributed by atoms with van der Waals surface area (Å²) < 4.78 is 0. The summed E-state index contributed by atoms with van der Waals surface area (Å²) in [5.74, 6) is -0.379. The molecule has 6 heteroatoms. The number of amides is 1. The van der Waals surface area contributed by atoms with Crippen LogP contribution in [0.25, 0.3) is 32.1 Å². The number of aromatic hydroxyl groups is 1. The second kappa shape index (κ2) is 7.44. The topological polar surface area (TPSA) is 65.4 Å². The van der Waals surface area contributed by atoms with Crippen LogP contribution in [0.4, 0.5) is 0 Å². The summed E-state index contributed by atoms with van der Waals surface area (Å²) >= 11 is 3.36. The quantitative estimate of drug-likeness (QED) is 0.314. The molecule has 0 aliphatic carbocycles. The fourth-order valence-electron chi connectivity index (χ4n) is 4.05. The lowest BCUT2D eigenvalue weighted by molar-refractivity contribution is 0.101. The number of aliphatic imine (C=N–C) groups is 1. The largest absolute Gasteiger partial charge is 0.494 e. The Hall–Kier alpha value is -3.74. The van der Waals surface area contributed by atoms with Crippen molar-refractivity contribution in [2.24, 2.45) is 4.99 Å². The number of aromatic amines is 1. The highest BCUT2D eigenvalue weighted by Crippen LogP contribution is 2.39. The smallest absolute Gasteiger partial charge is 0.280 e. The SMILES string of the molecule is O=C1N=C(c2ccc(-c3cccs3)cc2)c2c(O)[nH]c(-c3ccc(-c4cccs4)cc3)c21. The number of benzene rings is 2. The summed E-state index contributed by atoms with van der Waals surface area (Å²) in [5, 5.41) is 14.8. The summed E-state index contributed by atoms with van der Waals surface area (Å²) in [4.78, 5) is 22.5. The van der Waals surface area contributed by atoms with E-state index in [9.17, 15) is 9.90 Å². The Balaban J connectivity index is 1.37. The predicted octanol–water partition coefficient (Wildman–Crippen LogP) is 6.84. The van der Waals surface area contributed by atoms with E-state index in [0.717, 1.165) is 22.3 Å². The zero-order valence-corrected chi connectivity index (χ0v) is 18.3. The van der Waals surface area contributed by atoms with Gasteiger partial charge in [0.05, 0.1) is 22.5 Å². The first-order valence-corrected chi connectivity index (χ1v) is 11.8. The number of fused-ring (bicyclic) bond motifs is 1. The second-order valence-corrected chi connectivity index (χ2v) is 9.37. The Morgan fingerprint density at radius 2 is 1.22 bits per heavy atom. The molecule has 5 aromatic rings. The van der Waals surface area contributed by atoms with E-state index in [4.69, 9.17) is 0 Å². The van der Waals surface area contributed by atoms with Crippen LogP contribution in [-0.4, -0.2) is 21.7 Å². The number of hydrogen-bond acceptors (Lipinski definition) is 4. The van der Waals surface area contributed by atoms with Crippen LogP contribution in [0.2, 0.25) is 0 Å². The van der Waals surface area contributed by atoms with Crippen LogP contribution < -0.4 is 0 Å². The third kappa shape index (κ3) is 3.04. The molecule has 4 heterocycles. The minimum atomic E-state index is -0.341. The van der Waals surface area contributed by atoms with Gasteiger partial charge in [0, 0.05) is 15.3 Å². The Bertz CT molecular complexity index is 1460. The van der Waals surface area contributed by atoms with E-state index in [1.54, 1.807) is 22.7 Å². The zero-order valence-electron chi connectivity index (χ0n) is 16.7. The summed E-state index contributed by atoms with van der Waals surface area (Å²) in [5.41, 5.74) is 5.84. The molecule has 1 aliphatic rings. The molecule has 0 unspecified atom stereocenters. The highest BCUT2D eigenvalue weighted by Gasteiger charge is 2.33. The van der Waals surface area contributed by atoms with Crippen LogP contribution in [0.5, 0.6) is 5.88 Å². The van der Waals surface area contributed by atoms with E-state index >= 15 is 0 Å². The molecule has 0 saturated carbocycles. The monoisotopic (exact) mass is 452 g/mol. The molecule has 1 amide bonds. The molecule has 4 nitrogen and oxygen atoms in total. The number of hydrogen-bond donors (Lipinski definition) is 2. The van der Waals surface area contributed by atoms with Crippen molar-refractivity contribution >= 4 is 34.3 Å². The van der Waals surface area contributed by atoms with Crippen molar-refractivity contribution in [3.8, 4) is 38.0 Å². The summed E-state index contributed by atoms with van der Waals surface area (Å²) in [6.45, 7) is 0. The molecule has 0 fully saturated rings. The Morgan fingerprint density at radius 3 is 1.75 bits per heavy atom. The Morgan fingerprint density at radius 1 is 0.688 bits per heavy atom. The van der Waals surface area contributed by atoms with Gasteiger partial charge in [-0.3, -0.25) is 4.79 Å². The average Bonchev–Trinajstić information content (AvgIpc) is 3.62. The number of nitrogens with zero attached hydrogens (tertiary/aromatic N) is 1. The minimum absolute atomic E-state index is 0.0377. The van der Waals surface area contributed by atoms with Crippen molar-refractivity contribution in [3.63, 3.8) is 0 Å². The number of carbonyl (C=O) groups is 1. The first-order chi connectivity index (χ1) is 15.7. The Labute approximate surface area is 192 Å². The van der Waals surface area contributed by atoms with E-state index in [2.05, 4.69) is 22.1 Å². The molecule has 2 N–H and O–H groups in total. The molecule has 0 spiro atoms. The van der Waals surface area contributed by atoms with E-state index < -0.39 is 0 Å². The number of nitrogens with one attached hydrogen (secondary N) is 1. The molecule has 2 aromatic carbocycles. The molecule has 0 radical (unpaired) electrons. The molecule has 1 aliphatic heterocycles. The van der Waals surface area contributed by atoms with Crippen molar-refractivity contribution in [1.29, 1.82) is 0 Å². The van der Waals surface area contributed by atoms with E-state index in [1.807, 2.05) is 71.4 Å². The van der Waals surface area contributed by atoms with Crippen molar-refractivity contribution in [2.75, 3.05) is 0 Å². The summed E-state index contributed by atoms with van der Waals surface area (Å²) in [6.07, 6.45) is 0. The highest BCUT2D eigenvalue weighted by molar-refractivity contribution is 7.13. The minimum Gasteiger partial charge on any atom is -0.494 e. The standard InChI is InChI=1S/C26H16N2O2S2/c29-25-21-22(24(28-25)18-11-7-16(8-12-18)20-4-2-14-32-20)26(30)27-23(21)17-9-5-15(6-10-17)19-3-1-13-31-19/h1-14,27,30H. The van der Waals surface area contributed by atoms with Gasteiger partial charge in [-0.15, -0.1) is 22.7 Å². The van der Waals surface area contributed by atoms with Gasteiger partial charge in [0.1, 0.15) is 0 Å². The number of rotatable bonds is 4. The summed E-state index contributed by atoms with van der Waals surface area (Å²) in [6, 6.07) is 24.1. The normalized spacial score (nSPS) is 12.8. The van der Waals surface area contributed by atoms with Crippen molar-refractivity contribution in [2.45, 2.75) is 0 Å². The highest BCUT2D eigenvalue weighted by atomic mass is 32.1. The van der Waals surface area contributed by atoms with Crippen molar-refractivity contribution in [3.05, 3.63) is 100 Å². The molecule has 32 heavy (non-hydrogen) atoms. The maximum absolute atomic E-state index is 12.8. The van der Waals surface area contributed by atoms with Gasteiger partial charge in [0.15, 0.2) is 5.88 Å². The molecular weight excluding hydrogens is 436 g/mol. The molecule has 6 rings (SSSR count). The van der Waals surface area contributed by atoms with Gasteiger partial charge in [0.25, 0.3) is 5.91 Å². The number of carbonyl (C=O) groups excluding carboxylic acids is 1. The fourth-order valence-corrected chi connectivity index (χ4v) is 5.52. The van der Waals surface area contributed by atoms with Crippen molar-refractivity contribution < 1.29 is 9.90 Å². The van der Waals surface area contributed by atoms with Crippen LogP contribution in [0.15, 0.2) is 88.5 Å². The molecular formula is C26H16N2O2S2. The van der Waals surface area contributed by atoms with Gasteiger partial charge in [-0.2, -0.15) is 0 Å². The van der Waals surface area contributed by atoms with Crippen LogP contribution in [0.3, 0.4) is 0 Å². The van der Waals surface area contributed by atoms with Crippen LogP contribution in [0.1, 0.15) is 21.5 Å². The van der Waals surface area contributed by atoms with Gasteiger partial charge < -0.3 is 10.1 Å². The van der Waals surface area contributed by atoms with Gasteiger partial charge in [-0.25, -0.2) is 4.99 Å². The first-order valence-electron chi connectivity index (χ1n) is 10.1. The molecule has 3 aromatic heterocycles. The number of thiophene rings is 2. The summed E-state index contributed by atoms with van der Waals surface area (Å²) in [7, 11) is 0. The molecule has 154 valence electrons. The maximum atomic E-state index is 12.8. The Kier molecular flexibility index (Phi) is 4.41. The third-order valence-electron chi connectivity index (χ3n) is 5.59. The fraction of sp³-hybridized carbons (Fsp3) is 0. The zero-order chi connectivity index (χ0) is 21.7. The van der Waals surface area contributed by atoms with Crippen molar-refractivity contribution in [1.82, 2.24) is 4.98 Å². The van der Waals surface area contributed by atoms with Crippen LogP contribution in [0, 0.1) is 0 Å². The maximum Gasteiger partial charge on any atom is 0.280 e. The van der Waals surface area contributed by atoms with Gasteiger partial charge in [0.2, 0.25) is 0 Å². The molecule has 0 bridgehead atoms. The predicted molar refractivity (Wildman–Crippen MR) is 131 cm³/mol. The molecule has 0 atom stereocenters. The first kappa shape index (κ1) is 19.0. The van der Waals surface area contributed by atoms with Crippen LogP contribution >= 0.6 is 22.7 Å². The lowest BCUT2D eigenvalue weighted by Gasteiger charge is -2.03. The number of aromatic nitrogens is 1. The lowest BCUT2D eigenvalue weighted by atomic mass is 9.99. The van der Waals surface area contributed by atoms with Gasteiger partial charge >= 0.3 is 0 Å². The average molecular weight is 453 g/mol. The number of H-pyrrole nitrogens is 1. The third-order valence-corrected chi connectivity index (χ3v) is 7.43. The van der Waals surface area contributed by atoms with Gasteiger partial charge in [-0.05, 0) is 39.6 Å². The van der Waals surface area contributed by atoms with E-state index in [1.165, 1.54) is 9.75 Å². The van der Waals surface area contributed by atoms with E-state index in [0.29, 0.717) is 22.5 Å². The second-order valence-electron chi connectivity index (χ2n) is 7.47.